The van der Waals surface area contributed by atoms with E-state index in [2.05, 4.69) is 6.92 Å². The molecule has 11 heavy (non-hydrogen) atoms. The summed E-state index contributed by atoms with van der Waals surface area (Å²) < 4.78 is 5.13. The maximum Gasteiger partial charge on any atom is 0.159 e. The molecule has 0 unspecified atom stereocenters. The number of aliphatic hydroxyl groups is 1. The Labute approximate surface area is 69.6 Å². The maximum absolute atomic E-state index is 9.15. The van der Waals surface area contributed by atoms with Crippen molar-refractivity contribution in [1.29, 1.82) is 0 Å². The largest absolute Gasteiger partial charge is 0.366 e. The highest BCUT2D eigenvalue weighted by Crippen LogP contribution is 2.06. The van der Waals surface area contributed by atoms with Gasteiger partial charge in [-0.05, 0) is 20.3 Å². The first-order chi connectivity index (χ1) is 5.06. The van der Waals surface area contributed by atoms with Crippen molar-refractivity contribution in [1.82, 2.24) is 0 Å². The SMILES string of the molecule is CCCCCCOC(C)(C)O. The third kappa shape index (κ3) is 9.92. The van der Waals surface area contributed by atoms with Gasteiger partial charge in [-0.2, -0.15) is 0 Å². The fourth-order valence-electron chi connectivity index (χ4n) is 0.851. The molecular weight excluding hydrogens is 140 g/mol. The van der Waals surface area contributed by atoms with Crippen LogP contribution in [0.25, 0.3) is 0 Å². The highest BCUT2D eigenvalue weighted by Gasteiger charge is 2.10. The first-order valence-corrected chi connectivity index (χ1v) is 4.42. The second-order valence-corrected chi connectivity index (χ2v) is 3.36. The van der Waals surface area contributed by atoms with Crippen LogP contribution in [0.2, 0.25) is 0 Å². The van der Waals surface area contributed by atoms with Gasteiger partial charge in [0, 0.05) is 6.61 Å². The van der Waals surface area contributed by atoms with Crippen LogP contribution < -0.4 is 0 Å². The summed E-state index contributed by atoms with van der Waals surface area (Å²) in [6.07, 6.45) is 4.75. The lowest BCUT2D eigenvalue weighted by atomic mass is 10.2. The summed E-state index contributed by atoms with van der Waals surface area (Å²) in [6.45, 7) is 6.17. The molecule has 0 aliphatic heterocycles. The van der Waals surface area contributed by atoms with Crippen LogP contribution in [0.4, 0.5) is 0 Å². The van der Waals surface area contributed by atoms with E-state index in [0.717, 1.165) is 6.42 Å². The van der Waals surface area contributed by atoms with Gasteiger partial charge >= 0.3 is 0 Å². The lowest BCUT2D eigenvalue weighted by Gasteiger charge is -2.17. The zero-order valence-electron chi connectivity index (χ0n) is 7.89. The van der Waals surface area contributed by atoms with Gasteiger partial charge < -0.3 is 9.84 Å². The summed E-state index contributed by atoms with van der Waals surface area (Å²) >= 11 is 0. The van der Waals surface area contributed by atoms with Gasteiger partial charge in [0.1, 0.15) is 0 Å². The molecule has 0 saturated heterocycles. The molecule has 0 fully saturated rings. The molecule has 0 aliphatic rings. The van der Waals surface area contributed by atoms with E-state index < -0.39 is 5.79 Å². The van der Waals surface area contributed by atoms with E-state index >= 15 is 0 Å². The Morgan fingerprint density at radius 3 is 2.27 bits per heavy atom. The molecule has 1 N–H and O–H groups in total. The van der Waals surface area contributed by atoms with Crippen molar-refractivity contribution in [2.45, 2.75) is 52.2 Å². The number of ether oxygens (including phenoxy) is 1. The Kier molecular flexibility index (Phi) is 5.51. The predicted molar refractivity (Wildman–Crippen MR) is 46.4 cm³/mol. The topological polar surface area (TPSA) is 29.5 Å². The van der Waals surface area contributed by atoms with Crippen molar-refractivity contribution in [3.8, 4) is 0 Å². The third-order valence-electron chi connectivity index (χ3n) is 1.45. The third-order valence-corrected chi connectivity index (χ3v) is 1.45. The molecule has 0 aromatic heterocycles. The van der Waals surface area contributed by atoms with E-state index in [1.54, 1.807) is 13.8 Å². The summed E-state index contributed by atoms with van der Waals surface area (Å²) in [7, 11) is 0. The minimum absolute atomic E-state index is 0.670. The summed E-state index contributed by atoms with van der Waals surface area (Å²) in [5.74, 6) is -0.952. The first kappa shape index (κ1) is 10.9. The highest BCUT2D eigenvalue weighted by molar-refractivity contribution is 4.48. The molecule has 0 radical (unpaired) electrons. The second kappa shape index (κ2) is 5.56. The summed E-state index contributed by atoms with van der Waals surface area (Å²) in [6, 6.07) is 0. The van der Waals surface area contributed by atoms with E-state index in [1.165, 1.54) is 19.3 Å². The predicted octanol–water partition coefficient (Wildman–Crippen LogP) is 2.31. The Morgan fingerprint density at radius 2 is 1.82 bits per heavy atom. The minimum atomic E-state index is -0.952. The number of unbranched alkanes of at least 4 members (excludes halogenated alkanes) is 3. The van der Waals surface area contributed by atoms with E-state index in [4.69, 9.17) is 9.84 Å². The van der Waals surface area contributed by atoms with Crippen molar-refractivity contribution < 1.29 is 9.84 Å². The molecule has 0 aliphatic carbocycles. The molecule has 2 heteroatoms. The molecule has 0 aromatic rings. The van der Waals surface area contributed by atoms with E-state index in [9.17, 15) is 0 Å². The Bertz CT molecular complexity index is 84.1. The van der Waals surface area contributed by atoms with Gasteiger partial charge in [0.05, 0.1) is 0 Å². The van der Waals surface area contributed by atoms with Gasteiger partial charge in [-0.1, -0.05) is 26.2 Å². The van der Waals surface area contributed by atoms with Crippen LogP contribution in [0, 0.1) is 0 Å². The molecule has 0 heterocycles. The van der Waals surface area contributed by atoms with Crippen molar-refractivity contribution in [3.05, 3.63) is 0 Å². The van der Waals surface area contributed by atoms with Crippen molar-refractivity contribution in [3.63, 3.8) is 0 Å². The lowest BCUT2D eigenvalue weighted by molar-refractivity contribution is -0.176. The lowest BCUT2D eigenvalue weighted by Crippen LogP contribution is -2.23. The molecule has 0 saturated carbocycles. The Hall–Kier alpha value is -0.0800. The molecule has 0 rings (SSSR count). The minimum Gasteiger partial charge on any atom is -0.366 e. The van der Waals surface area contributed by atoms with E-state index in [0.29, 0.717) is 6.61 Å². The van der Waals surface area contributed by atoms with Crippen LogP contribution in [0.5, 0.6) is 0 Å². The average Bonchev–Trinajstić information content (AvgIpc) is 1.85. The zero-order valence-corrected chi connectivity index (χ0v) is 7.89. The van der Waals surface area contributed by atoms with Crippen LogP contribution >= 0.6 is 0 Å². The van der Waals surface area contributed by atoms with Gasteiger partial charge in [0.15, 0.2) is 5.79 Å². The van der Waals surface area contributed by atoms with Gasteiger partial charge in [-0.25, -0.2) is 0 Å². The highest BCUT2D eigenvalue weighted by atomic mass is 16.6. The smallest absolute Gasteiger partial charge is 0.159 e. The average molecular weight is 160 g/mol. The second-order valence-electron chi connectivity index (χ2n) is 3.36. The molecule has 2 nitrogen and oxygen atoms in total. The molecule has 0 bridgehead atoms. The normalized spacial score (nSPS) is 12.0. The standard InChI is InChI=1S/C9H20O2/c1-4-5-6-7-8-11-9(2,3)10/h10H,4-8H2,1-3H3. The molecule has 0 aromatic carbocycles. The fourth-order valence-corrected chi connectivity index (χ4v) is 0.851. The van der Waals surface area contributed by atoms with Crippen molar-refractivity contribution >= 4 is 0 Å². The van der Waals surface area contributed by atoms with Crippen LogP contribution in [0.1, 0.15) is 46.5 Å². The first-order valence-electron chi connectivity index (χ1n) is 4.42. The van der Waals surface area contributed by atoms with Crippen molar-refractivity contribution in [2.24, 2.45) is 0 Å². The van der Waals surface area contributed by atoms with Crippen molar-refractivity contribution in [2.75, 3.05) is 6.61 Å². The monoisotopic (exact) mass is 160 g/mol. The van der Waals surface area contributed by atoms with Gasteiger partial charge in [-0.3, -0.25) is 0 Å². The molecule has 0 atom stereocenters. The van der Waals surface area contributed by atoms with Gasteiger partial charge in [-0.15, -0.1) is 0 Å². The number of hydrogen-bond donors (Lipinski definition) is 1. The summed E-state index contributed by atoms with van der Waals surface area (Å²) in [5.41, 5.74) is 0. The van der Waals surface area contributed by atoms with Gasteiger partial charge in [0.25, 0.3) is 0 Å². The fraction of sp³-hybridized carbons (Fsp3) is 1.00. The van der Waals surface area contributed by atoms with E-state index in [-0.39, 0.29) is 0 Å². The molecule has 0 amide bonds. The maximum atomic E-state index is 9.15. The van der Waals surface area contributed by atoms with Crippen LogP contribution in [-0.4, -0.2) is 17.5 Å². The van der Waals surface area contributed by atoms with E-state index in [1.807, 2.05) is 0 Å². The van der Waals surface area contributed by atoms with Crippen LogP contribution in [-0.2, 0) is 4.74 Å². The van der Waals surface area contributed by atoms with Crippen LogP contribution in [0.3, 0.4) is 0 Å². The molecule has 68 valence electrons. The quantitative estimate of drug-likeness (QED) is 0.477. The Morgan fingerprint density at radius 1 is 1.18 bits per heavy atom. The number of rotatable bonds is 6. The summed E-state index contributed by atoms with van der Waals surface area (Å²) in [5, 5.41) is 9.15. The molecule has 0 spiro atoms. The Balaban J connectivity index is 3.02. The number of hydrogen-bond acceptors (Lipinski definition) is 2. The van der Waals surface area contributed by atoms with Crippen LogP contribution in [0.15, 0.2) is 0 Å². The zero-order chi connectivity index (χ0) is 8.74. The van der Waals surface area contributed by atoms with Gasteiger partial charge in [0.2, 0.25) is 0 Å². The molecular formula is C9H20O2. The summed E-state index contributed by atoms with van der Waals surface area (Å²) in [4.78, 5) is 0.